The van der Waals surface area contributed by atoms with Crippen molar-refractivity contribution in [1.29, 1.82) is 0 Å². The lowest BCUT2D eigenvalue weighted by atomic mass is 9.73. The lowest BCUT2D eigenvalue weighted by Gasteiger charge is -2.31. The fourth-order valence-corrected chi connectivity index (χ4v) is 2.78. The second kappa shape index (κ2) is 6.43. The molecule has 106 valence electrons. The SMILES string of the molecule is O=C(O)C1(CCCC(F)(F)F)CCCCCCC1. The van der Waals surface area contributed by atoms with Crippen LogP contribution in [0.25, 0.3) is 0 Å². The zero-order valence-corrected chi connectivity index (χ0v) is 10.6. The molecule has 0 unspecified atom stereocenters. The van der Waals surface area contributed by atoms with Crippen LogP contribution in [0.3, 0.4) is 0 Å². The van der Waals surface area contributed by atoms with Gasteiger partial charge in [0, 0.05) is 6.42 Å². The molecule has 0 aromatic carbocycles. The molecule has 1 aliphatic carbocycles. The lowest BCUT2D eigenvalue weighted by molar-refractivity contribution is -0.154. The fourth-order valence-electron chi connectivity index (χ4n) is 2.78. The van der Waals surface area contributed by atoms with Gasteiger partial charge in [0.2, 0.25) is 0 Å². The summed E-state index contributed by atoms with van der Waals surface area (Å²) in [7, 11) is 0. The van der Waals surface area contributed by atoms with Gasteiger partial charge in [0.25, 0.3) is 0 Å². The molecule has 0 aromatic rings. The van der Waals surface area contributed by atoms with Gasteiger partial charge in [0.15, 0.2) is 0 Å². The molecule has 0 radical (unpaired) electrons. The van der Waals surface area contributed by atoms with E-state index in [2.05, 4.69) is 0 Å². The van der Waals surface area contributed by atoms with E-state index in [1.807, 2.05) is 0 Å². The summed E-state index contributed by atoms with van der Waals surface area (Å²) in [6.45, 7) is 0. The number of hydrogen-bond donors (Lipinski definition) is 1. The molecule has 0 aromatic heterocycles. The molecule has 0 aliphatic heterocycles. The molecule has 18 heavy (non-hydrogen) atoms. The third-order valence-corrected chi connectivity index (χ3v) is 3.88. The van der Waals surface area contributed by atoms with Crippen molar-refractivity contribution < 1.29 is 23.1 Å². The highest BCUT2D eigenvalue weighted by atomic mass is 19.4. The van der Waals surface area contributed by atoms with Crippen LogP contribution in [0.15, 0.2) is 0 Å². The van der Waals surface area contributed by atoms with Gasteiger partial charge in [-0.3, -0.25) is 4.79 Å². The highest BCUT2D eigenvalue weighted by Gasteiger charge is 2.38. The molecule has 1 aliphatic rings. The van der Waals surface area contributed by atoms with E-state index in [0.717, 1.165) is 32.1 Å². The second-order valence-corrected chi connectivity index (χ2v) is 5.32. The summed E-state index contributed by atoms with van der Waals surface area (Å²) in [5.41, 5.74) is -0.911. The Hall–Kier alpha value is -0.740. The Morgan fingerprint density at radius 2 is 1.56 bits per heavy atom. The quantitative estimate of drug-likeness (QED) is 0.811. The first-order valence-corrected chi connectivity index (χ1v) is 6.66. The molecule has 5 heteroatoms. The Labute approximate surface area is 106 Å². The van der Waals surface area contributed by atoms with Crippen LogP contribution in [0.5, 0.6) is 0 Å². The Kier molecular flexibility index (Phi) is 5.47. The predicted molar refractivity (Wildman–Crippen MR) is 62.3 cm³/mol. The first kappa shape index (κ1) is 15.3. The van der Waals surface area contributed by atoms with Crippen molar-refractivity contribution in [1.82, 2.24) is 0 Å². The van der Waals surface area contributed by atoms with Crippen molar-refractivity contribution in [3.8, 4) is 0 Å². The zero-order valence-electron chi connectivity index (χ0n) is 10.6. The largest absolute Gasteiger partial charge is 0.481 e. The number of halogens is 3. The standard InChI is InChI=1S/C13H21F3O2/c14-13(15,16)10-6-9-12(11(17)18)7-4-2-1-3-5-8-12/h1-10H2,(H,17,18). The molecule has 0 amide bonds. The molecule has 0 heterocycles. The van der Waals surface area contributed by atoms with Crippen molar-refractivity contribution in [3.05, 3.63) is 0 Å². The van der Waals surface area contributed by atoms with E-state index in [-0.39, 0.29) is 12.8 Å². The number of alkyl halides is 3. The average molecular weight is 266 g/mol. The fraction of sp³-hybridized carbons (Fsp3) is 0.923. The van der Waals surface area contributed by atoms with Crippen molar-refractivity contribution in [3.63, 3.8) is 0 Å². The zero-order chi connectivity index (χ0) is 13.6. The molecular weight excluding hydrogens is 245 g/mol. The maximum atomic E-state index is 12.1. The van der Waals surface area contributed by atoms with Crippen LogP contribution in [-0.4, -0.2) is 17.3 Å². The Bertz CT molecular complexity index is 266. The molecule has 0 saturated heterocycles. The monoisotopic (exact) mass is 266 g/mol. The van der Waals surface area contributed by atoms with Gasteiger partial charge >= 0.3 is 12.1 Å². The van der Waals surface area contributed by atoms with E-state index in [1.54, 1.807) is 0 Å². The van der Waals surface area contributed by atoms with Gasteiger partial charge in [-0.05, 0) is 25.7 Å². The molecule has 1 rings (SSSR count). The summed E-state index contributed by atoms with van der Waals surface area (Å²) in [4.78, 5) is 11.4. The van der Waals surface area contributed by atoms with Crippen LogP contribution in [0.4, 0.5) is 13.2 Å². The van der Waals surface area contributed by atoms with Gasteiger partial charge in [-0.1, -0.05) is 32.1 Å². The van der Waals surface area contributed by atoms with E-state index < -0.39 is 24.0 Å². The Balaban J connectivity index is 2.58. The molecule has 1 N–H and O–H groups in total. The third kappa shape index (κ3) is 4.86. The van der Waals surface area contributed by atoms with Crippen LogP contribution in [0, 0.1) is 5.41 Å². The van der Waals surface area contributed by atoms with Gasteiger partial charge in [-0.2, -0.15) is 13.2 Å². The normalized spacial score (nSPS) is 21.1. The van der Waals surface area contributed by atoms with Crippen LogP contribution >= 0.6 is 0 Å². The molecule has 1 fully saturated rings. The Morgan fingerprint density at radius 3 is 2.00 bits per heavy atom. The number of rotatable bonds is 4. The maximum absolute atomic E-state index is 12.1. The van der Waals surface area contributed by atoms with Crippen LogP contribution in [-0.2, 0) is 4.79 Å². The predicted octanol–water partition coefficient (Wildman–Crippen LogP) is 4.53. The summed E-state index contributed by atoms with van der Waals surface area (Å²) < 4.78 is 36.4. The minimum atomic E-state index is -4.18. The number of carboxylic acids is 1. The smallest absolute Gasteiger partial charge is 0.389 e. The van der Waals surface area contributed by atoms with E-state index in [4.69, 9.17) is 0 Å². The van der Waals surface area contributed by atoms with Gasteiger partial charge in [0.1, 0.15) is 0 Å². The molecule has 1 saturated carbocycles. The van der Waals surface area contributed by atoms with E-state index in [9.17, 15) is 23.1 Å². The summed E-state index contributed by atoms with van der Waals surface area (Å²) in [6.07, 6.45) is 0.818. The molecule has 0 bridgehead atoms. The van der Waals surface area contributed by atoms with Crippen molar-refractivity contribution in [2.24, 2.45) is 5.41 Å². The van der Waals surface area contributed by atoms with Crippen LogP contribution < -0.4 is 0 Å². The third-order valence-electron chi connectivity index (χ3n) is 3.88. The number of hydrogen-bond acceptors (Lipinski definition) is 1. The number of carboxylic acid groups (broad SMARTS) is 1. The molecular formula is C13H21F3O2. The van der Waals surface area contributed by atoms with Crippen molar-refractivity contribution in [2.45, 2.75) is 70.4 Å². The molecule has 0 atom stereocenters. The van der Waals surface area contributed by atoms with E-state index in [1.165, 1.54) is 0 Å². The maximum Gasteiger partial charge on any atom is 0.389 e. The van der Waals surface area contributed by atoms with E-state index in [0.29, 0.717) is 12.8 Å². The van der Waals surface area contributed by atoms with Gasteiger partial charge < -0.3 is 5.11 Å². The second-order valence-electron chi connectivity index (χ2n) is 5.32. The van der Waals surface area contributed by atoms with E-state index >= 15 is 0 Å². The first-order valence-electron chi connectivity index (χ1n) is 6.66. The lowest BCUT2D eigenvalue weighted by Crippen LogP contribution is -2.32. The topological polar surface area (TPSA) is 37.3 Å². The first-order chi connectivity index (χ1) is 8.36. The van der Waals surface area contributed by atoms with Gasteiger partial charge in [0.05, 0.1) is 5.41 Å². The summed E-state index contributed by atoms with van der Waals surface area (Å²) >= 11 is 0. The summed E-state index contributed by atoms with van der Waals surface area (Å²) in [5.74, 6) is -0.911. The van der Waals surface area contributed by atoms with Gasteiger partial charge in [-0.15, -0.1) is 0 Å². The van der Waals surface area contributed by atoms with Crippen LogP contribution in [0.1, 0.15) is 64.2 Å². The van der Waals surface area contributed by atoms with Crippen molar-refractivity contribution >= 4 is 5.97 Å². The number of carbonyl (C=O) groups is 1. The average Bonchev–Trinajstić information content (AvgIpc) is 2.19. The molecule has 0 spiro atoms. The minimum absolute atomic E-state index is 0.0736. The Morgan fingerprint density at radius 1 is 1.06 bits per heavy atom. The number of aliphatic carboxylic acids is 1. The van der Waals surface area contributed by atoms with Crippen LogP contribution in [0.2, 0.25) is 0 Å². The summed E-state index contributed by atoms with van der Waals surface area (Å²) in [6, 6.07) is 0. The van der Waals surface area contributed by atoms with Crippen molar-refractivity contribution in [2.75, 3.05) is 0 Å². The highest BCUT2D eigenvalue weighted by molar-refractivity contribution is 5.74. The molecule has 2 nitrogen and oxygen atoms in total. The highest BCUT2D eigenvalue weighted by Crippen LogP contribution is 2.40. The van der Waals surface area contributed by atoms with Gasteiger partial charge in [-0.25, -0.2) is 0 Å². The minimum Gasteiger partial charge on any atom is -0.481 e. The summed E-state index contributed by atoms with van der Waals surface area (Å²) in [5, 5.41) is 9.35.